The highest BCUT2D eigenvalue weighted by Gasteiger charge is 1.90. The van der Waals surface area contributed by atoms with Crippen molar-refractivity contribution in [1.82, 2.24) is 0 Å². The van der Waals surface area contributed by atoms with E-state index < -0.39 is 0 Å². The average Bonchev–Trinajstić information content (AvgIpc) is 2.42. The molecule has 0 radical (unpaired) electrons. The molecule has 96 valence electrons. The molecule has 0 spiro atoms. The summed E-state index contributed by atoms with van der Waals surface area (Å²) in [5.74, 6) is 0.819. The quantitative estimate of drug-likeness (QED) is 0.455. The van der Waals surface area contributed by atoms with Crippen molar-refractivity contribution in [2.75, 3.05) is 5.88 Å². The molecule has 2 aromatic rings. The Bertz CT molecular complexity index is 400. The molecule has 0 fully saturated rings. The molecule has 0 bridgehead atoms. The SMILES string of the molecule is Cc1ccccc1.ClCCC[SiH2]c1ccccc1. The number of benzene rings is 2. The fraction of sp³-hybridized carbons (Fsp3) is 0.250. The third-order valence-electron chi connectivity index (χ3n) is 2.63. The Morgan fingerprint density at radius 3 is 1.89 bits per heavy atom. The van der Waals surface area contributed by atoms with Gasteiger partial charge in [-0.1, -0.05) is 77.5 Å². The molecule has 0 heterocycles. The van der Waals surface area contributed by atoms with Crippen LogP contribution in [0.2, 0.25) is 6.04 Å². The molecule has 0 saturated heterocycles. The summed E-state index contributed by atoms with van der Waals surface area (Å²) >= 11 is 5.59. The minimum absolute atomic E-state index is 0.00685. The van der Waals surface area contributed by atoms with Crippen molar-refractivity contribution in [1.29, 1.82) is 0 Å². The predicted molar refractivity (Wildman–Crippen MR) is 85.9 cm³/mol. The molecular weight excluding hydrogens is 256 g/mol. The molecule has 2 aromatic carbocycles. The monoisotopic (exact) mass is 276 g/mol. The van der Waals surface area contributed by atoms with Crippen LogP contribution in [0, 0.1) is 6.92 Å². The normalized spacial score (nSPS) is 10.1. The van der Waals surface area contributed by atoms with Crippen LogP contribution in [0.4, 0.5) is 0 Å². The van der Waals surface area contributed by atoms with Crippen LogP contribution in [0.5, 0.6) is 0 Å². The van der Waals surface area contributed by atoms with Crippen LogP contribution in [0.15, 0.2) is 60.7 Å². The lowest BCUT2D eigenvalue weighted by molar-refractivity contribution is 1.09. The number of aryl methyl sites for hydroxylation is 1. The van der Waals surface area contributed by atoms with Gasteiger partial charge in [-0.25, -0.2) is 0 Å². The molecule has 2 heteroatoms. The largest absolute Gasteiger partial charge is 0.127 e. The van der Waals surface area contributed by atoms with Crippen LogP contribution in [-0.2, 0) is 0 Å². The van der Waals surface area contributed by atoms with Gasteiger partial charge in [-0.2, -0.15) is 0 Å². The molecule has 2 rings (SSSR count). The van der Waals surface area contributed by atoms with Crippen LogP contribution in [0.3, 0.4) is 0 Å². The standard InChI is InChI=1S/C9H13ClSi.C7H8/c10-7-4-8-11-9-5-2-1-3-6-9;1-7-5-3-2-4-6-7/h1-3,5-6H,4,7-8,11H2;2-6H,1H3. The zero-order valence-electron chi connectivity index (χ0n) is 11.0. The van der Waals surface area contributed by atoms with Crippen LogP contribution < -0.4 is 5.19 Å². The molecule has 0 aliphatic heterocycles. The van der Waals surface area contributed by atoms with Crippen LogP contribution in [0.1, 0.15) is 12.0 Å². The van der Waals surface area contributed by atoms with Gasteiger partial charge in [-0.05, 0) is 13.3 Å². The summed E-state index contributed by atoms with van der Waals surface area (Å²) in [6.07, 6.45) is 1.18. The Hall–Kier alpha value is -1.05. The van der Waals surface area contributed by atoms with E-state index in [1.54, 1.807) is 5.19 Å². The van der Waals surface area contributed by atoms with Gasteiger partial charge in [0.25, 0.3) is 0 Å². The minimum atomic E-state index is -0.00685. The summed E-state index contributed by atoms with van der Waals surface area (Å²) in [4.78, 5) is 0. The van der Waals surface area contributed by atoms with E-state index in [9.17, 15) is 0 Å². The molecule has 0 aliphatic carbocycles. The second-order valence-electron chi connectivity index (χ2n) is 4.29. The first-order chi connectivity index (χ1) is 8.83. The second-order valence-corrected chi connectivity index (χ2v) is 6.69. The summed E-state index contributed by atoms with van der Waals surface area (Å²) in [5, 5.41) is 1.55. The molecule has 0 aliphatic rings. The fourth-order valence-electron chi connectivity index (χ4n) is 1.60. The summed E-state index contributed by atoms with van der Waals surface area (Å²) < 4.78 is 0. The maximum atomic E-state index is 5.59. The molecular formula is C16H21ClSi. The topological polar surface area (TPSA) is 0 Å². The zero-order valence-corrected chi connectivity index (χ0v) is 13.2. The number of halogens is 1. The van der Waals surface area contributed by atoms with E-state index >= 15 is 0 Å². The molecule has 0 aromatic heterocycles. The minimum Gasteiger partial charge on any atom is -0.127 e. The molecule has 0 N–H and O–H groups in total. The maximum absolute atomic E-state index is 5.59. The summed E-state index contributed by atoms with van der Waals surface area (Å²) in [7, 11) is -0.00685. The predicted octanol–water partition coefficient (Wildman–Crippen LogP) is 3.52. The Kier molecular flexibility index (Phi) is 8.27. The lowest BCUT2D eigenvalue weighted by atomic mass is 10.2. The molecule has 0 atom stereocenters. The smallest absolute Gasteiger partial charge is 0.0548 e. The Morgan fingerprint density at radius 2 is 1.44 bits per heavy atom. The maximum Gasteiger partial charge on any atom is 0.0548 e. The Labute approximate surface area is 118 Å². The molecule has 18 heavy (non-hydrogen) atoms. The van der Waals surface area contributed by atoms with Gasteiger partial charge in [-0.3, -0.25) is 0 Å². The molecule has 0 nitrogen and oxygen atoms in total. The Morgan fingerprint density at radius 1 is 0.889 bits per heavy atom. The third kappa shape index (κ3) is 7.31. The molecule has 0 unspecified atom stereocenters. The fourth-order valence-corrected chi connectivity index (χ4v) is 3.62. The number of hydrogen-bond acceptors (Lipinski definition) is 0. The van der Waals surface area contributed by atoms with E-state index in [-0.39, 0.29) is 9.52 Å². The van der Waals surface area contributed by atoms with Crippen molar-refractivity contribution < 1.29 is 0 Å². The molecule has 0 amide bonds. The first-order valence-corrected chi connectivity index (χ1v) is 8.68. The first kappa shape index (κ1) is 15.0. The van der Waals surface area contributed by atoms with Crippen molar-refractivity contribution in [3.8, 4) is 0 Å². The van der Waals surface area contributed by atoms with Crippen LogP contribution in [-0.4, -0.2) is 15.4 Å². The van der Waals surface area contributed by atoms with E-state index in [2.05, 4.69) is 49.4 Å². The van der Waals surface area contributed by atoms with Gasteiger partial charge in [0.05, 0.1) is 9.52 Å². The summed E-state index contributed by atoms with van der Waals surface area (Å²) in [6.45, 7) is 2.08. The van der Waals surface area contributed by atoms with Gasteiger partial charge >= 0.3 is 0 Å². The lowest BCUT2D eigenvalue weighted by Gasteiger charge is -1.96. The van der Waals surface area contributed by atoms with E-state index in [1.807, 2.05) is 18.2 Å². The van der Waals surface area contributed by atoms with Crippen LogP contribution >= 0.6 is 11.6 Å². The summed E-state index contributed by atoms with van der Waals surface area (Å²) in [6, 6.07) is 22.3. The molecule has 0 saturated carbocycles. The van der Waals surface area contributed by atoms with Crippen LogP contribution in [0.25, 0.3) is 0 Å². The highest BCUT2D eigenvalue weighted by Crippen LogP contribution is 1.92. The second kappa shape index (κ2) is 9.92. The van der Waals surface area contributed by atoms with Crippen molar-refractivity contribution >= 4 is 26.3 Å². The van der Waals surface area contributed by atoms with E-state index in [0.29, 0.717) is 0 Å². The average molecular weight is 277 g/mol. The van der Waals surface area contributed by atoms with Gasteiger partial charge in [0.1, 0.15) is 0 Å². The van der Waals surface area contributed by atoms with Crippen molar-refractivity contribution in [2.45, 2.75) is 19.4 Å². The van der Waals surface area contributed by atoms with Gasteiger partial charge in [0.2, 0.25) is 0 Å². The third-order valence-corrected chi connectivity index (χ3v) is 4.80. The van der Waals surface area contributed by atoms with Gasteiger partial charge < -0.3 is 0 Å². The number of hydrogen-bond donors (Lipinski definition) is 0. The van der Waals surface area contributed by atoms with Gasteiger partial charge in [0.15, 0.2) is 0 Å². The van der Waals surface area contributed by atoms with E-state index in [4.69, 9.17) is 11.6 Å². The van der Waals surface area contributed by atoms with E-state index in [1.165, 1.54) is 18.0 Å². The van der Waals surface area contributed by atoms with Crippen molar-refractivity contribution in [3.63, 3.8) is 0 Å². The van der Waals surface area contributed by atoms with E-state index in [0.717, 1.165) is 5.88 Å². The Balaban J connectivity index is 0.000000199. The lowest BCUT2D eigenvalue weighted by Crippen LogP contribution is -2.12. The van der Waals surface area contributed by atoms with Gasteiger partial charge in [0, 0.05) is 5.88 Å². The van der Waals surface area contributed by atoms with Gasteiger partial charge in [-0.15, -0.1) is 11.6 Å². The number of rotatable bonds is 4. The summed E-state index contributed by atoms with van der Waals surface area (Å²) in [5.41, 5.74) is 1.32. The zero-order chi connectivity index (χ0) is 13.1. The first-order valence-electron chi connectivity index (χ1n) is 6.44. The highest BCUT2D eigenvalue weighted by atomic mass is 35.5. The number of alkyl halides is 1. The highest BCUT2D eigenvalue weighted by molar-refractivity contribution is 6.53. The van der Waals surface area contributed by atoms with Crippen molar-refractivity contribution in [2.24, 2.45) is 0 Å². The van der Waals surface area contributed by atoms with Crippen molar-refractivity contribution in [3.05, 3.63) is 66.2 Å².